The molecule has 1 aromatic rings. The van der Waals surface area contributed by atoms with Crippen LogP contribution in [-0.2, 0) is 9.84 Å². The Morgan fingerprint density at radius 3 is 2.63 bits per heavy atom. The third-order valence-electron chi connectivity index (χ3n) is 2.51. The van der Waals surface area contributed by atoms with E-state index in [1.165, 1.54) is 47.7 Å². The quantitative estimate of drug-likeness (QED) is 0.342. The highest BCUT2D eigenvalue weighted by Gasteiger charge is 2.45. The average molecular weight is 420 g/mol. The van der Waals surface area contributed by atoms with Crippen LogP contribution < -0.4 is 0 Å². The van der Waals surface area contributed by atoms with Gasteiger partial charge in [0.1, 0.15) is 6.10 Å². The van der Waals surface area contributed by atoms with Gasteiger partial charge in [0.15, 0.2) is 9.84 Å². The molecule has 0 saturated carbocycles. The lowest BCUT2D eigenvalue weighted by atomic mass is 10.1. The molecule has 0 saturated heterocycles. The van der Waals surface area contributed by atoms with Crippen LogP contribution in [0, 0.1) is 10.1 Å². The first-order valence-electron chi connectivity index (χ1n) is 5.16. The van der Waals surface area contributed by atoms with Gasteiger partial charge in [0.05, 0.1) is 10.7 Å². The molecule has 19 heavy (non-hydrogen) atoms. The maximum atomic E-state index is 11.8. The Balaban J connectivity index is 3.24. The predicted octanol–water partition coefficient (Wildman–Crippen LogP) is 2.39. The Morgan fingerprint density at radius 2 is 2.16 bits per heavy atom. The topological polar surface area (TPSA) is 97.5 Å². The van der Waals surface area contributed by atoms with Gasteiger partial charge in [-0.25, -0.2) is 8.42 Å². The van der Waals surface area contributed by atoms with Crippen LogP contribution in [0.4, 0.5) is 5.69 Å². The van der Waals surface area contributed by atoms with Crippen LogP contribution in [0.15, 0.2) is 24.3 Å². The van der Waals surface area contributed by atoms with Gasteiger partial charge in [-0.3, -0.25) is 10.1 Å². The molecule has 0 aliphatic heterocycles. The molecule has 0 aliphatic rings. The number of alkyl halides is 2. The molecule has 9 heteroatoms. The highest BCUT2D eigenvalue weighted by molar-refractivity contribution is 14.1. The van der Waals surface area contributed by atoms with Crippen molar-refractivity contribution in [3.8, 4) is 0 Å². The van der Waals surface area contributed by atoms with Crippen LogP contribution in [0.25, 0.3) is 0 Å². The molecular weight excluding hydrogens is 409 g/mol. The number of nitrogens with zero attached hydrogens (tertiary/aromatic N) is 1. The third-order valence-corrected chi connectivity index (χ3v) is 7.84. The molecule has 0 aliphatic carbocycles. The summed E-state index contributed by atoms with van der Waals surface area (Å²) >= 11 is 7.36. The summed E-state index contributed by atoms with van der Waals surface area (Å²) in [5, 5.41) is 20.7. The standard InChI is InChI=1S/C10H11ClINO5S/c1-2-19(17,18)10(11,12)9(14)7-4-3-5-8(6-7)13(15)16/h3-6,9,14H,2H2,1H3. The first-order valence-corrected chi connectivity index (χ1v) is 8.27. The number of aliphatic hydroxyl groups is 1. The molecular formula is C10H11ClINO5S. The Bertz CT molecular complexity index is 589. The zero-order chi connectivity index (χ0) is 14.8. The summed E-state index contributed by atoms with van der Waals surface area (Å²) in [5.74, 6) is -0.245. The fraction of sp³-hybridized carbons (Fsp3) is 0.400. The van der Waals surface area contributed by atoms with E-state index in [0.717, 1.165) is 6.07 Å². The second-order valence-corrected chi connectivity index (χ2v) is 10.1. The monoisotopic (exact) mass is 419 g/mol. The van der Waals surface area contributed by atoms with Gasteiger partial charge in [-0.05, 0) is 28.2 Å². The van der Waals surface area contributed by atoms with E-state index in [-0.39, 0.29) is 17.0 Å². The maximum absolute atomic E-state index is 11.8. The number of nitro groups is 1. The lowest BCUT2D eigenvalue weighted by molar-refractivity contribution is -0.385. The van der Waals surface area contributed by atoms with Crippen LogP contribution in [0.5, 0.6) is 0 Å². The van der Waals surface area contributed by atoms with Crippen LogP contribution in [0.2, 0.25) is 0 Å². The predicted molar refractivity (Wildman–Crippen MR) is 80.1 cm³/mol. The fourth-order valence-electron chi connectivity index (χ4n) is 1.36. The number of non-ortho nitro benzene ring substituents is 1. The van der Waals surface area contributed by atoms with Crippen molar-refractivity contribution in [3.05, 3.63) is 39.9 Å². The van der Waals surface area contributed by atoms with E-state index in [4.69, 9.17) is 11.6 Å². The number of benzene rings is 1. The van der Waals surface area contributed by atoms with Gasteiger partial charge in [0.2, 0.25) is 2.21 Å². The van der Waals surface area contributed by atoms with Crippen molar-refractivity contribution in [1.82, 2.24) is 0 Å². The zero-order valence-corrected chi connectivity index (χ0v) is 13.5. The molecule has 0 aromatic heterocycles. The first kappa shape index (κ1) is 16.6. The van der Waals surface area contributed by atoms with E-state index in [1.807, 2.05) is 0 Å². The van der Waals surface area contributed by atoms with E-state index in [2.05, 4.69) is 0 Å². The molecule has 0 amide bonds. The van der Waals surface area contributed by atoms with E-state index in [9.17, 15) is 23.6 Å². The molecule has 1 rings (SSSR count). The molecule has 1 aromatic carbocycles. The number of rotatable bonds is 5. The van der Waals surface area contributed by atoms with Crippen LogP contribution in [0.1, 0.15) is 18.6 Å². The minimum atomic E-state index is -3.75. The summed E-state index contributed by atoms with van der Waals surface area (Å²) in [6, 6.07) is 5.09. The highest BCUT2D eigenvalue weighted by atomic mass is 127. The van der Waals surface area contributed by atoms with E-state index < -0.39 is 23.1 Å². The number of sulfone groups is 1. The zero-order valence-electron chi connectivity index (χ0n) is 9.79. The lowest BCUT2D eigenvalue weighted by Gasteiger charge is -2.25. The SMILES string of the molecule is CCS(=O)(=O)C(Cl)(I)C(O)c1cccc([N+](=O)[O-])c1. The van der Waals surface area contributed by atoms with Gasteiger partial charge in [0, 0.05) is 12.1 Å². The number of aliphatic hydroxyl groups excluding tert-OH is 1. The Morgan fingerprint density at radius 1 is 1.58 bits per heavy atom. The summed E-state index contributed by atoms with van der Waals surface area (Å²) in [6.45, 7) is 1.41. The fourth-order valence-corrected chi connectivity index (χ4v) is 3.97. The first-order chi connectivity index (χ1) is 8.63. The largest absolute Gasteiger partial charge is 0.385 e. The van der Waals surface area contributed by atoms with Crippen molar-refractivity contribution in [2.24, 2.45) is 0 Å². The normalized spacial score (nSPS) is 16.6. The van der Waals surface area contributed by atoms with Gasteiger partial charge in [-0.15, -0.1) is 0 Å². The number of halogens is 2. The average Bonchev–Trinajstić information content (AvgIpc) is 2.37. The summed E-state index contributed by atoms with van der Waals surface area (Å²) in [4.78, 5) is 10.0. The molecule has 1 N–H and O–H groups in total. The van der Waals surface area contributed by atoms with Gasteiger partial charge in [-0.1, -0.05) is 30.7 Å². The van der Waals surface area contributed by atoms with Gasteiger partial charge in [0.25, 0.3) is 5.69 Å². The van der Waals surface area contributed by atoms with E-state index in [1.54, 1.807) is 0 Å². The minimum absolute atomic E-state index is 0.0793. The van der Waals surface area contributed by atoms with Crippen molar-refractivity contribution >= 4 is 49.7 Å². The number of hydrogen-bond acceptors (Lipinski definition) is 5. The highest BCUT2D eigenvalue weighted by Crippen LogP contribution is 2.43. The minimum Gasteiger partial charge on any atom is -0.385 e. The van der Waals surface area contributed by atoms with Crippen LogP contribution >= 0.6 is 34.2 Å². The molecule has 2 atom stereocenters. The lowest BCUT2D eigenvalue weighted by Crippen LogP contribution is -2.34. The smallest absolute Gasteiger partial charge is 0.269 e. The number of nitro benzene ring substituents is 1. The van der Waals surface area contributed by atoms with Crippen LogP contribution in [-0.4, -0.2) is 26.4 Å². The van der Waals surface area contributed by atoms with Crippen molar-refractivity contribution < 1.29 is 18.4 Å². The third kappa shape index (κ3) is 3.36. The number of hydrogen-bond donors (Lipinski definition) is 1. The molecule has 0 radical (unpaired) electrons. The summed E-state index contributed by atoms with van der Waals surface area (Å²) in [6.07, 6.45) is -1.57. The van der Waals surface area contributed by atoms with Gasteiger partial charge in [-0.2, -0.15) is 0 Å². The Hall–Kier alpha value is -0.450. The van der Waals surface area contributed by atoms with Crippen molar-refractivity contribution in [3.63, 3.8) is 0 Å². The summed E-state index contributed by atoms with van der Waals surface area (Å²) < 4.78 is 21.7. The molecule has 0 bridgehead atoms. The van der Waals surface area contributed by atoms with Crippen LogP contribution in [0.3, 0.4) is 0 Å². The Labute approximate surface area is 129 Å². The summed E-state index contributed by atoms with van der Waals surface area (Å²) in [5.41, 5.74) is -0.162. The molecule has 6 nitrogen and oxygen atoms in total. The molecule has 0 spiro atoms. The second-order valence-electron chi connectivity index (χ2n) is 3.72. The molecule has 2 unspecified atom stereocenters. The Kier molecular flexibility index (Phi) is 5.15. The van der Waals surface area contributed by atoms with Crippen molar-refractivity contribution in [2.45, 2.75) is 15.2 Å². The van der Waals surface area contributed by atoms with E-state index in [0.29, 0.717) is 0 Å². The summed E-state index contributed by atoms with van der Waals surface area (Å²) in [7, 11) is -3.75. The van der Waals surface area contributed by atoms with Crippen molar-refractivity contribution in [1.29, 1.82) is 0 Å². The molecule has 0 heterocycles. The molecule has 0 fully saturated rings. The van der Waals surface area contributed by atoms with E-state index >= 15 is 0 Å². The molecule has 106 valence electrons. The second kappa shape index (κ2) is 5.90. The maximum Gasteiger partial charge on any atom is 0.269 e. The van der Waals surface area contributed by atoms with Gasteiger partial charge >= 0.3 is 0 Å². The van der Waals surface area contributed by atoms with Gasteiger partial charge < -0.3 is 5.11 Å². The van der Waals surface area contributed by atoms with Crippen molar-refractivity contribution in [2.75, 3.05) is 5.75 Å².